The molecule has 1 aliphatic heterocycles. The largest absolute Gasteiger partial charge is 0.456 e. The van der Waals surface area contributed by atoms with Gasteiger partial charge in [0, 0.05) is 20.8 Å². The number of carbonyl (C=O) groups is 3. The Balaban J connectivity index is 2.46. The van der Waals surface area contributed by atoms with E-state index in [2.05, 4.69) is 5.10 Å². The van der Waals surface area contributed by atoms with Gasteiger partial charge in [0.15, 0.2) is 24.5 Å². The van der Waals surface area contributed by atoms with E-state index in [1.165, 1.54) is 0 Å². The number of aromatic amines is 1. The smallest absolute Gasteiger partial charge is 0.347 e. The van der Waals surface area contributed by atoms with Crippen molar-refractivity contribution in [3.05, 3.63) is 27.0 Å². The summed E-state index contributed by atoms with van der Waals surface area (Å²) in [5.41, 5.74) is -1.66. The number of esters is 3. The Labute approximate surface area is 146 Å². The van der Waals surface area contributed by atoms with E-state index in [1.54, 1.807) is 0 Å². The molecule has 0 spiro atoms. The fourth-order valence-corrected chi connectivity index (χ4v) is 2.48. The zero-order valence-electron chi connectivity index (χ0n) is 14.2. The van der Waals surface area contributed by atoms with Crippen molar-refractivity contribution in [3.63, 3.8) is 0 Å². The molecule has 1 N–H and O–H groups in total. The standard InChI is InChI=1S/C14H17N3O9/c1-6(18)24-9-5-23-13(17-14(22)16-10(21)4-15-17)12(26-8(3)20)11(9)25-7(2)19/h4,9,11-13H,5H2,1-3H3,(H,16,21,22)/t9-,11+,12+,13-/m0/s1. The lowest BCUT2D eigenvalue weighted by molar-refractivity contribution is -0.242. The zero-order chi connectivity index (χ0) is 19.4. The SMILES string of the molecule is CC(=O)O[C@@H]1[C@H](OC(C)=O)[C@@H](OC(C)=O)CO[C@@H]1n1ncc(=O)[nH]c1=O. The number of H-pyrrole nitrogens is 1. The maximum atomic E-state index is 12.0. The fourth-order valence-electron chi connectivity index (χ4n) is 2.48. The Hall–Kier alpha value is -3.02. The normalized spacial score (nSPS) is 25.2. The van der Waals surface area contributed by atoms with Gasteiger partial charge in [-0.15, -0.1) is 0 Å². The molecule has 1 aliphatic rings. The summed E-state index contributed by atoms with van der Waals surface area (Å²) in [6, 6.07) is 0. The highest BCUT2D eigenvalue weighted by atomic mass is 16.6. The number of nitrogens with one attached hydrogen (secondary N) is 1. The van der Waals surface area contributed by atoms with Crippen molar-refractivity contribution in [3.8, 4) is 0 Å². The lowest BCUT2D eigenvalue weighted by Gasteiger charge is -2.40. The van der Waals surface area contributed by atoms with Crippen LogP contribution in [0.15, 0.2) is 15.8 Å². The summed E-state index contributed by atoms with van der Waals surface area (Å²) < 4.78 is 21.5. The van der Waals surface area contributed by atoms with Gasteiger partial charge in [0.2, 0.25) is 0 Å². The minimum absolute atomic E-state index is 0.271. The first-order chi connectivity index (χ1) is 12.2. The van der Waals surface area contributed by atoms with Crippen LogP contribution < -0.4 is 11.2 Å². The first kappa shape index (κ1) is 19.3. The first-order valence-electron chi connectivity index (χ1n) is 7.50. The molecule has 142 valence electrons. The Morgan fingerprint density at radius 2 is 1.65 bits per heavy atom. The number of carbonyl (C=O) groups excluding carboxylic acids is 3. The average Bonchev–Trinajstić information content (AvgIpc) is 2.50. The lowest BCUT2D eigenvalue weighted by Crippen LogP contribution is -2.57. The summed E-state index contributed by atoms with van der Waals surface area (Å²) >= 11 is 0. The van der Waals surface area contributed by atoms with Crippen molar-refractivity contribution >= 4 is 17.9 Å². The predicted octanol–water partition coefficient (Wildman–Crippen LogP) is -1.74. The first-order valence-corrected chi connectivity index (χ1v) is 7.50. The van der Waals surface area contributed by atoms with Gasteiger partial charge in [-0.3, -0.25) is 24.2 Å². The van der Waals surface area contributed by atoms with E-state index in [4.69, 9.17) is 18.9 Å². The molecule has 4 atom stereocenters. The van der Waals surface area contributed by atoms with Crippen molar-refractivity contribution in [1.82, 2.24) is 14.8 Å². The van der Waals surface area contributed by atoms with E-state index in [1.807, 2.05) is 4.98 Å². The van der Waals surface area contributed by atoms with E-state index < -0.39 is 53.7 Å². The molecule has 12 nitrogen and oxygen atoms in total. The van der Waals surface area contributed by atoms with Gasteiger partial charge >= 0.3 is 23.6 Å². The van der Waals surface area contributed by atoms with E-state index in [9.17, 15) is 24.0 Å². The van der Waals surface area contributed by atoms with Gasteiger partial charge in [-0.2, -0.15) is 9.78 Å². The van der Waals surface area contributed by atoms with Crippen LogP contribution in [0.4, 0.5) is 0 Å². The van der Waals surface area contributed by atoms with Gasteiger partial charge in [-0.1, -0.05) is 0 Å². The molecular formula is C14H17N3O9. The Morgan fingerprint density at radius 1 is 1.08 bits per heavy atom. The van der Waals surface area contributed by atoms with Gasteiger partial charge in [0.05, 0.1) is 6.61 Å². The van der Waals surface area contributed by atoms with Crippen LogP contribution >= 0.6 is 0 Å². The number of hydrogen-bond acceptors (Lipinski definition) is 10. The second-order valence-electron chi connectivity index (χ2n) is 5.40. The van der Waals surface area contributed by atoms with Gasteiger partial charge in [-0.05, 0) is 0 Å². The van der Waals surface area contributed by atoms with E-state index >= 15 is 0 Å². The molecule has 2 heterocycles. The molecule has 0 aliphatic carbocycles. The summed E-state index contributed by atoms with van der Waals surface area (Å²) in [4.78, 5) is 59.4. The maximum absolute atomic E-state index is 12.0. The molecular weight excluding hydrogens is 354 g/mol. The number of nitrogens with zero attached hydrogens (tertiary/aromatic N) is 2. The number of rotatable bonds is 4. The molecule has 0 amide bonds. The van der Waals surface area contributed by atoms with Crippen LogP contribution in [-0.4, -0.2) is 57.6 Å². The minimum atomic E-state index is -1.36. The van der Waals surface area contributed by atoms with Crippen molar-refractivity contribution < 1.29 is 33.3 Å². The van der Waals surface area contributed by atoms with E-state index in [0.29, 0.717) is 0 Å². The lowest BCUT2D eigenvalue weighted by atomic mass is 10.0. The van der Waals surface area contributed by atoms with Gasteiger partial charge < -0.3 is 18.9 Å². The topological polar surface area (TPSA) is 156 Å². The highest BCUT2D eigenvalue weighted by molar-refractivity contribution is 5.68. The third-order valence-electron chi connectivity index (χ3n) is 3.30. The molecule has 12 heteroatoms. The van der Waals surface area contributed by atoms with Crippen LogP contribution in [0, 0.1) is 0 Å². The molecule has 1 aromatic heterocycles. The molecule has 0 saturated carbocycles. The molecule has 0 bridgehead atoms. The summed E-state index contributed by atoms with van der Waals surface area (Å²) in [7, 11) is 0. The van der Waals surface area contributed by atoms with Crippen molar-refractivity contribution in [1.29, 1.82) is 0 Å². The van der Waals surface area contributed by atoms with Crippen LogP contribution in [-0.2, 0) is 33.3 Å². The Bertz CT molecular complexity index is 814. The van der Waals surface area contributed by atoms with Crippen LogP contribution in [0.2, 0.25) is 0 Å². The molecule has 0 aromatic carbocycles. The minimum Gasteiger partial charge on any atom is -0.456 e. The van der Waals surface area contributed by atoms with E-state index in [-0.39, 0.29) is 6.61 Å². The van der Waals surface area contributed by atoms with Crippen LogP contribution in [0.25, 0.3) is 0 Å². The third kappa shape index (κ3) is 4.53. The van der Waals surface area contributed by atoms with Crippen molar-refractivity contribution in [2.45, 2.75) is 45.3 Å². The van der Waals surface area contributed by atoms with Crippen LogP contribution in [0.5, 0.6) is 0 Å². The molecule has 0 radical (unpaired) electrons. The molecule has 26 heavy (non-hydrogen) atoms. The highest BCUT2D eigenvalue weighted by Gasteiger charge is 2.48. The predicted molar refractivity (Wildman–Crippen MR) is 80.8 cm³/mol. The molecule has 1 fully saturated rings. The highest BCUT2D eigenvalue weighted by Crippen LogP contribution is 2.29. The van der Waals surface area contributed by atoms with Crippen molar-refractivity contribution in [2.24, 2.45) is 0 Å². The van der Waals surface area contributed by atoms with Gasteiger partial charge in [-0.25, -0.2) is 4.79 Å². The Morgan fingerprint density at radius 3 is 2.19 bits per heavy atom. The monoisotopic (exact) mass is 371 g/mol. The molecule has 0 unspecified atom stereocenters. The quantitative estimate of drug-likeness (QED) is 0.476. The number of aromatic nitrogens is 3. The summed E-state index contributed by atoms with van der Waals surface area (Å²) in [5.74, 6) is -2.16. The van der Waals surface area contributed by atoms with Crippen LogP contribution in [0.3, 0.4) is 0 Å². The van der Waals surface area contributed by atoms with E-state index in [0.717, 1.165) is 31.6 Å². The second kappa shape index (κ2) is 7.91. The number of hydrogen-bond donors (Lipinski definition) is 1. The fraction of sp³-hybridized carbons (Fsp3) is 0.571. The summed E-state index contributed by atoms with van der Waals surface area (Å²) in [6.07, 6.45) is -4.17. The van der Waals surface area contributed by atoms with Crippen molar-refractivity contribution in [2.75, 3.05) is 6.61 Å². The average molecular weight is 371 g/mol. The zero-order valence-corrected chi connectivity index (χ0v) is 14.2. The Kier molecular flexibility index (Phi) is 5.87. The molecule has 1 aromatic rings. The molecule has 1 saturated heterocycles. The number of ether oxygens (including phenoxy) is 4. The third-order valence-corrected chi connectivity index (χ3v) is 3.30. The van der Waals surface area contributed by atoms with Gasteiger partial charge in [0.25, 0.3) is 5.56 Å². The summed E-state index contributed by atoms with van der Waals surface area (Å²) in [6.45, 7) is 3.09. The molecule has 2 rings (SSSR count). The maximum Gasteiger partial charge on any atom is 0.347 e. The summed E-state index contributed by atoms with van der Waals surface area (Å²) in [5, 5.41) is 3.65. The van der Waals surface area contributed by atoms with Gasteiger partial charge in [0.1, 0.15) is 6.20 Å². The second-order valence-corrected chi connectivity index (χ2v) is 5.40. The van der Waals surface area contributed by atoms with Crippen LogP contribution in [0.1, 0.15) is 27.0 Å².